The van der Waals surface area contributed by atoms with Gasteiger partial charge in [0.1, 0.15) is 0 Å². The molecule has 1 rings (SSSR count). The number of carbonyl (C=O) groups excluding carboxylic acids is 2. The lowest BCUT2D eigenvalue weighted by Crippen LogP contribution is -2.40. The Balaban J connectivity index is 2.90. The highest BCUT2D eigenvalue weighted by atomic mass is 19.1. The lowest BCUT2D eigenvalue weighted by molar-refractivity contribution is -0.137. The molecule has 0 saturated carbocycles. The Hall–Kier alpha value is -1.91. The van der Waals surface area contributed by atoms with Crippen LogP contribution in [-0.4, -0.2) is 36.3 Å². The molecule has 0 heterocycles. The highest BCUT2D eigenvalue weighted by molar-refractivity contribution is 5.82. The van der Waals surface area contributed by atoms with Crippen LogP contribution in [0.3, 0.4) is 0 Å². The number of aldehydes is 1. The molecule has 0 aliphatic rings. The van der Waals surface area contributed by atoms with Crippen LogP contribution in [-0.2, 0) is 4.79 Å². The van der Waals surface area contributed by atoms with Gasteiger partial charge in [-0.3, -0.25) is 9.59 Å². The zero-order chi connectivity index (χ0) is 14.4. The largest absolute Gasteiger partial charge is 0.477 e. The summed E-state index contributed by atoms with van der Waals surface area (Å²) < 4.78 is 18.9. The van der Waals surface area contributed by atoms with Crippen LogP contribution in [0.5, 0.6) is 5.75 Å². The van der Waals surface area contributed by atoms with Crippen LogP contribution >= 0.6 is 0 Å². The van der Waals surface area contributed by atoms with Crippen LogP contribution in [0.4, 0.5) is 4.39 Å². The maximum absolute atomic E-state index is 13.6. The standard InChI is InChI=1S/C14H18FNO3/c1-4-16(5-2)14(18)10(3)19-13-11(9-17)7-6-8-12(13)15/h6-10H,4-5H2,1-3H3. The van der Waals surface area contributed by atoms with Crippen molar-refractivity contribution in [2.75, 3.05) is 13.1 Å². The molecule has 0 fully saturated rings. The van der Waals surface area contributed by atoms with E-state index in [0.29, 0.717) is 19.4 Å². The third-order valence-corrected chi connectivity index (χ3v) is 2.84. The van der Waals surface area contributed by atoms with Gasteiger partial charge in [-0.2, -0.15) is 0 Å². The van der Waals surface area contributed by atoms with Crippen molar-refractivity contribution in [3.05, 3.63) is 29.6 Å². The number of hydrogen-bond acceptors (Lipinski definition) is 3. The van der Waals surface area contributed by atoms with Gasteiger partial charge in [-0.1, -0.05) is 6.07 Å². The van der Waals surface area contributed by atoms with Gasteiger partial charge < -0.3 is 9.64 Å². The first-order valence-corrected chi connectivity index (χ1v) is 6.24. The van der Waals surface area contributed by atoms with Crippen molar-refractivity contribution in [3.8, 4) is 5.75 Å². The molecule has 0 aliphatic carbocycles. The number of carbonyl (C=O) groups is 2. The maximum Gasteiger partial charge on any atom is 0.263 e. The molecule has 1 amide bonds. The molecule has 0 aliphatic heterocycles. The van der Waals surface area contributed by atoms with E-state index in [1.807, 2.05) is 13.8 Å². The molecule has 1 aromatic carbocycles. The van der Waals surface area contributed by atoms with Gasteiger partial charge in [-0.15, -0.1) is 0 Å². The van der Waals surface area contributed by atoms with E-state index >= 15 is 0 Å². The van der Waals surface area contributed by atoms with Crippen molar-refractivity contribution in [2.45, 2.75) is 26.9 Å². The first-order chi connectivity index (χ1) is 9.04. The summed E-state index contributed by atoms with van der Waals surface area (Å²) in [7, 11) is 0. The van der Waals surface area contributed by atoms with Gasteiger partial charge in [0.05, 0.1) is 5.56 Å². The predicted octanol–water partition coefficient (Wildman–Crippen LogP) is 2.27. The highest BCUT2D eigenvalue weighted by Crippen LogP contribution is 2.22. The fourth-order valence-corrected chi connectivity index (χ4v) is 1.76. The number of benzene rings is 1. The van der Waals surface area contributed by atoms with Crippen molar-refractivity contribution in [1.82, 2.24) is 4.90 Å². The minimum absolute atomic E-state index is 0.0965. The number of para-hydroxylation sites is 1. The fourth-order valence-electron chi connectivity index (χ4n) is 1.76. The van der Waals surface area contributed by atoms with E-state index in [1.54, 1.807) is 11.8 Å². The van der Waals surface area contributed by atoms with Gasteiger partial charge in [0.15, 0.2) is 24.0 Å². The average Bonchev–Trinajstić information content (AvgIpc) is 2.42. The van der Waals surface area contributed by atoms with Crippen molar-refractivity contribution in [2.24, 2.45) is 0 Å². The number of likely N-dealkylation sites (N-methyl/N-ethyl adjacent to an activating group) is 1. The van der Waals surface area contributed by atoms with E-state index in [2.05, 4.69) is 0 Å². The van der Waals surface area contributed by atoms with E-state index in [0.717, 1.165) is 0 Å². The second-order valence-corrected chi connectivity index (χ2v) is 4.05. The van der Waals surface area contributed by atoms with E-state index in [1.165, 1.54) is 18.2 Å². The van der Waals surface area contributed by atoms with Gasteiger partial charge >= 0.3 is 0 Å². The molecular weight excluding hydrogens is 249 g/mol. The summed E-state index contributed by atoms with van der Waals surface area (Å²) in [6, 6.07) is 4.06. The summed E-state index contributed by atoms with van der Waals surface area (Å²) in [6.45, 7) is 6.37. The Morgan fingerprint density at radius 2 is 2.05 bits per heavy atom. The lowest BCUT2D eigenvalue weighted by atomic mass is 10.2. The Labute approximate surface area is 112 Å². The number of amides is 1. The molecule has 4 nitrogen and oxygen atoms in total. The molecule has 19 heavy (non-hydrogen) atoms. The minimum atomic E-state index is -0.838. The van der Waals surface area contributed by atoms with Gasteiger partial charge in [0.2, 0.25) is 0 Å². The Kier molecular flexibility index (Phi) is 5.48. The SMILES string of the molecule is CCN(CC)C(=O)C(C)Oc1c(F)cccc1C=O. The van der Waals surface area contributed by atoms with Gasteiger partial charge in [-0.05, 0) is 32.9 Å². The Morgan fingerprint density at radius 1 is 1.42 bits per heavy atom. The monoisotopic (exact) mass is 267 g/mol. The molecule has 1 atom stereocenters. The summed E-state index contributed by atoms with van der Waals surface area (Å²) >= 11 is 0. The number of rotatable bonds is 6. The lowest BCUT2D eigenvalue weighted by Gasteiger charge is -2.23. The number of ether oxygens (including phenoxy) is 1. The van der Waals surface area contributed by atoms with Gasteiger partial charge in [0, 0.05) is 13.1 Å². The number of nitrogens with zero attached hydrogens (tertiary/aromatic N) is 1. The molecule has 0 saturated heterocycles. The Bertz CT molecular complexity index is 458. The Morgan fingerprint density at radius 3 is 2.58 bits per heavy atom. The van der Waals surface area contributed by atoms with E-state index in [4.69, 9.17) is 4.74 Å². The molecule has 0 N–H and O–H groups in total. The van der Waals surface area contributed by atoms with Gasteiger partial charge in [0.25, 0.3) is 5.91 Å². The molecule has 0 bridgehead atoms. The van der Waals surface area contributed by atoms with Crippen molar-refractivity contribution in [1.29, 1.82) is 0 Å². The average molecular weight is 267 g/mol. The first-order valence-electron chi connectivity index (χ1n) is 6.24. The quantitative estimate of drug-likeness (QED) is 0.743. The van der Waals surface area contributed by atoms with Crippen LogP contribution in [0, 0.1) is 5.82 Å². The summed E-state index contributed by atoms with van der Waals surface area (Å²) in [5.41, 5.74) is 0.0965. The smallest absolute Gasteiger partial charge is 0.263 e. The maximum atomic E-state index is 13.6. The summed E-state index contributed by atoms with van der Waals surface area (Å²) in [6.07, 6.45) is -0.331. The first kappa shape index (κ1) is 15.1. The zero-order valence-electron chi connectivity index (χ0n) is 11.4. The fraction of sp³-hybridized carbons (Fsp3) is 0.429. The van der Waals surface area contributed by atoms with E-state index in [-0.39, 0.29) is 17.2 Å². The van der Waals surface area contributed by atoms with Crippen LogP contribution in [0.1, 0.15) is 31.1 Å². The normalized spacial score (nSPS) is 11.8. The molecule has 1 aromatic rings. The van der Waals surface area contributed by atoms with Crippen LogP contribution in [0.25, 0.3) is 0 Å². The second kappa shape index (κ2) is 6.87. The molecule has 0 radical (unpaired) electrons. The molecule has 0 spiro atoms. The van der Waals surface area contributed by atoms with E-state index < -0.39 is 11.9 Å². The molecular formula is C14H18FNO3. The number of halogens is 1. The summed E-state index contributed by atoms with van der Waals surface area (Å²) in [5.74, 6) is -1.06. The van der Waals surface area contributed by atoms with Crippen LogP contribution in [0.2, 0.25) is 0 Å². The third kappa shape index (κ3) is 3.53. The minimum Gasteiger partial charge on any atom is -0.477 e. The van der Waals surface area contributed by atoms with Gasteiger partial charge in [-0.25, -0.2) is 4.39 Å². The van der Waals surface area contributed by atoms with Crippen molar-refractivity contribution < 1.29 is 18.7 Å². The van der Waals surface area contributed by atoms with E-state index in [9.17, 15) is 14.0 Å². The van der Waals surface area contributed by atoms with Crippen molar-refractivity contribution >= 4 is 12.2 Å². The molecule has 0 aromatic heterocycles. The molecule has 5 heteroatoms. The third-order valence-electron chi connectivity index (χ3n) is 2.84. The molecule has 1 unspecified atom stereocenters. The van der Waals surface area contributed by atoms with Crippen LogP contribution in [0.15, 0.2) is 18.2 Å². The van der Waals surface area contributed by atoms with Crippen molar-refractivity contribution in [3.63, 3.8) is 0 Å². The molecule has 104 valence electrons. The summed E-state index contributed by atoms with van der Waals surface area (Å²) in [5, 5.41) is 0. The highest BCUT2D eigenvalue weighted by Gasteiger charge is 2.22. The van der Waals surface area contributed by atoms with Crippen LogP contribution < -0.4 is 4.74 Å². The number of hydrogen-bond donors (Lipinski definition) is 0. The predicted molar refractivity (Wildman–Crippen MR) is 69.8 cm³/mol. The topological polar surface area (TPSA) is 46.6 Å². The second-order valence-electron chi connectivity index (χ2n) is 4.05. The zero-order valence-corrected chi connectivity index (χ0v) is 11.4. The summed E-state index contributed by atoms with van der Waals surface area (Å²) in [4.78, 5) is 24.4.